The summed E-state index contributed by atoms with van der Waals surface area (Å²) in [4.78, 5) is 4.60. The summed E-state index contributed by atoms with van der Waals surface area (Å²) in [6.07, 6.45) is 0. The molecule has 0 saturated heterocycles. The molecule has 1 aromatic heterocycles. The zero-order valence-corrected chi connectivity index (χ0v) is 15.9. The number of nitrogens with one attached hydrogen (secondary N) is 1. The van der Waals surface area contributed by atoms with Gasteiger partial charge in [-0.15, -0.1) is 10.2 Å². The van der Waals surface area contributed by atoms with Crippen LogP contribution in [0.15, 0.2) is 53.7 Å². The molecule has 0 bridgehead atoms. The van der Waals surface area contributed by atoms with Gasteiger partial charge in [0.15, 0.2) is 11.4 Å². The zero-order valence-electron chi connectivity index (χ0n) is 14.4. The molecule has 0 radical (unpaired) electrons. The number of thioether (sulfide) groups is 1. The maximum absolute atomic E-state index is 6.08. The summed E-state index contributed by atoms with van der Waals surface area (Å²) < 4.78 is 6.08. The van der Waals surface area contributed by atoms with Crippen molar-refractivity contribution in [3.8, 4) is 17.1 Å². The normalized spacial score (nSPS) is 14.4. The second kappa shape index (κ2) is 6.78. The van der Waals surface area contributed by atoms with Gasteiger partial charge in [0.1, 0.15) is 0 Å². The molecule has 0 saturated carbocycles. The van der Waals surface area contributed by atoms with Gasteiger partial charge in [-0.3, -0.25) is 0 Å². The zero-order chi connectivity index (χ0) is 18.1. The van der Waals surface area contributed by atoms with Crippen LogP contribution in [0.1, 0.15) is 19.4 Å². The van der Waals surface area contributed by atoms with Crippen molar-refractivity contribution in [3.05, 3.63) is 59.1 Å². The lowest BCUT2D eigenvalue weighted by molar-refractivity contribution is 0.134. The van der Waals surface area contributed by atoms with Crippen LogP contribution in [0.4, 0.5) is 5.69 Å². The minimum atomic E-state index is -0.602. The van der Waals surface area contributed by atoms with Crippen molar-refractivity contribution >= 4 is 29.1 Å². The maximum atomic E-state index is 6.08. The summed E-state index contributed by atoms with van der Waals surface area (Å²) in [5.41, 5.74) is 3.08. The molecule has 2 heterocycles. The van der Waals surface area contributed by atoms with Crippen molar-refractivity contribution in [1.29, 1.82) is 0 Å². The van der Waals surface area contributed by atoms with Crippen LogP contribution in [0.25, 0.3) is 11.3 Å². The third-order valence-electron chi connectivity index (χ3n) is 3.89. The second-order valence-corrected chi connectivity index (χ2v) is 7.83. The first-order valence-electron chi connectivity index (χ1n) is 8.19. The highest BCUT2D eigenvalue weighted by atomic mass is 35.5. The second-order valence-electron chi connectivity index (χ2n) is 6.45. The molecule has 26 heavy (non-hydrogen) atoms. The Labute approximate surface area is 161 Å². The number of hydrogen-bond acceptors (Lipinski definition) is 6. The van der Waals surface area contributed by atoms with Crippen molar-refractivity contribution in [2.45, 2.75) is 30.5 Å². The van der Waals surface area contributed by atoms with E-state index in [1.54, 1.807) is 0 Å². The predicted molar refractivity (Wildman–Crippen MR) is 105 cm³/mol. The van der Waals surface area contributed by atoms with Crippen molar-refractivity contribution in [2.24, 2.45) is 0 Å². The number of anilines is 1. The lowest BCUT2D eigenvalue weighted by Crippen LogP contribution is -2.37. The van der Waals surface area contributed by atoms with Gasteiger partial charge in [-0.2, -0.15) is 4.98 Å². The first kappa shape index (κ1) is 17.1. The molecule has 2 aromatic carbocycles. The Morgan fingerprint density at radius 3 is 2.65 bits per heavy atom. The number of halogens is 1. The summed E-state index contributed by atoms with van der Waals surface area (Å²) in [5.74, 6) is 1.22. The molecular weight excluding hydrogens is 368 g/mol. The average molecular weight is 385 g/mol. The largest absolute Gasteiger partial charge is 0.450 e. The lowest BCUT2D eigenvalue weighted by atomic mass is 10.1. The minimum Gasteiger partial charge on any atom is -0.450 e. The van der Waals surface area contributed by atoms with E-state index in [9.17, 15) is 0 Å². The monoisotopic (exact) mass is 384 g/mol. The quantitative estimate of drug-likeness (QED) is 0.639. The van der Waals surface area contributed by atoms with E-state index in [0.717, 1.165) is 27.6 Å². The third kappa shape index (κ3) is 3.61. The van der Waals surface area contributed by atoms with Gasteiger partial charge in [0, 0.05) is 22.0 Å². The van der Waals surface area contributed by atoms with Crippen LogP contribution < -0.4 is 10.1 Å². The van der Waals surface area contributed by atoms with E-state index >= 15 is 0 Å². The number of aromatic nitrogens is 3. The van der Waals surface area contributed by atoms with Gasteiger partial charge in [-0.1, -0.05) is 53.7 Å². The number of ether oxygens (including phenoxy) is 1. The fourth-order valence-corrected chi connectivity index (χ4v) is 3.58. The fourth-order valence-electron chi connectivity index (χ4n) is 2.72. The van der Waals surface area contributed by atoms with E-state index in [1.807, 2.05) is 62.4 Å². The molecular formula is C19H17ClN4OS. The van der Waals surface area contributed by atoms with Crippen LogP contribution in [0.3, 0.4) is 0 Å². The van der Waals surface area contributed by atoms with Crippen LogP contribution in [0, 0.1) is 0 Å². The lowest BCUT2D eigenvalue weighted by Gasteiger charge is -2.26. The Morgan fingerprint density at radius 2 is 1.85 bits per heavy atom. The molecule has 4 rings (SSSR count). The maximum Gasteiger partial charge on any atom is 0.247 e. The molecule has 0 spiro atoms. The average Bonchev–Trinajstić information content (AvgIpc) is 2.72. The molecule has 1 N–H and O–H groups in total. The van der Waals surface area contributed by atoms with E-state index < -0.39 is 5.72 Å². The number of nitrogens with zero attached hydrogens (tertiary/aromatic N) is 3. The van der Waals surface area contributed by atoms with Crippen molar-refractivity contribution in [3.63, 3.8) is 0 Å². The molecule has 5 nitrogen and oxygen atoms in total. The van der Waals surface area contributed by atoms with Crippen LogP contribution in [0.5, 0.6) is 5.88 Å². The molecule has 132 valence electrons. The topological polar surface area (TPSA) is 59.9 Å². The molecule has 0 fully saturated rings. The Morgan fingerprint density at radius 1 is 1.08 bits per heavy atom. The first-order valence-corrected chi connectivity index (χ1v) is 9.55. The molecule has 1 aliphatic heterocycles. The van der Waals surface area contributed by atoms with Crippen molar-refractivity contribution in [2.75, 3.05) is 5.32 Å². The summed E-state index contributed by atoms with van der Waals surface area (Å²) >= 11 is 7.44. The summed E-state index contributed by atoms with van der Waals surface area (Å²) in [5, 5.41) is 13.4. The highest BCUT2D eigenvalue weighted by molar-refractivity contribution is 7.98. The Kier molecular flexibility index (Phi) is 4.46. The van der Waals surface area contributed by atoms with E-state index in [2.05, 4.69) is 20.5 Å². The van der Waals surface area contributed by atoms with E-state index in [0.29, 0.717) is 16.7 Å². The third-order valence-corrected chi connectivity index (χ3v) is 5.05. The smallest absolute Gasteiger partial charge is 0.247 e. The minimum absolute atomic E-state index is 0.487. The molecule has 0 amide bonds. The first-order chi connectivity index (χ1) is 12.5. The number of para-hydroxylation sites is 1. The van der Waals surface area contributed by atoms with Gasteiger partial charge in [0.2, 0.25) is 11.0 Å². The van der Waals surface area contributed by atoms with E-state index in [1.165, 1.54) is 11.8 Å². The van der Waals surface area contributed by atoms with Crippen LogP contribution in [0.2, 0.25) is 5.02 Å². The van der Waals surface area contributed by atoms with Crippen LogP contribution >= 0.6 is 23.4 Å². The SMILES string of the molecule is CC1(C)Nc2ccccc2-c2nnc(SCc3ccc(Cl)cc3)nc2O1. The van der Waals surface area contributed by atoms with Crippen LogP contribution in [-0.4, -0.2) is 20.9 Å². The molecule has 7 heteroatoms. The van der Waals surface area contributed by atoms with Gasteiger partial charge in [-0.05, 0) is 37.6 Å². The molecule has 1 aliphatic rings. The number of fused-ring (bicyclic) bond motifs is 3. The summed E-state index contributed by atoms with van der Waals surface area (Å²) in [6, 6.07) is 15.7. The Bertz CT molecular complexity index is 947. The highest BCUT2D eigenvalue weighted by Crippen LogP contribution is 2.38. The number of rotatable bonds is 3. The molecule has 0 unspecified atom stereocenters. The van der Waals surface area contributed by atoms with E-state index in [4.69, 9.17) is 16.3 Å². The van der Waals surface area contributed by atoms with Crippen molar-refractivity contribution < 1.29 is 4.74 Å². The number of benzene rings is 2. The fraction of sp³-hybridized carbons (Fsp3) is 0.211. The van der Waals surface area contributed by atoms with Crippen molar-refractivity contribution in [1.82, 2.24) is 15.2 Å². The van der Waals surface area contributed by atoms with Gasteiger partial charge >= 0.3 is 0 Å². The summed E-state index contributed by atoms with van der Waals surface area (Å²) in [7, 11) is 0. The van der Waals surface area contributed by atoms with Gasteiger partial charge in [0.05, 0.1) is 0 Å². The van der Waals surface area contributed by atoms with Gasteiger partial charge in [0.25, 0.3) is 0 Å². The molecule has 3 aromatic rings. The molecule has 0 atom stereocenters. The Balaban J connectivity index is 1.64. The summed E-state index contributed by atoms with van der Waals surface area (Å²) in [6.45, 7) is 3.92. The highest BCUT2D eigenvalue weighted by Gasteiger charge is 2.29. The van der Waals surface area contributed by atoms with Gasteiger partial charge in [-0.25, -0.2) is 0 Å². The molecule has 0 aliphatic carbocycles. The number of hydrogen-bond donors (Lipinski definition) is 1. The predicted octanol–water partition coefficient (Wildman–Crippen LogP) is 5.02. The van der Waals surface area contributed by atoms with Crippen LogP contribution in [-0.2, 0) is 5.75 Å². The standard InChI is InChI=1S/C19H17ClN4OS/c1-19(2)22-15-6-4-3-5-14(15)16-17(25-19)21-18(24-23-16)26-11-12-7-9-13(20)10-8-12/h3-10,22H,11H2,1-2H3. The Hall–Kier alpha value is -2.31. The van der Waals surface area contributed by atoms with E-state index in [-0.39, 0.29) is 0 Å². The van der Waals surface area contributed by atoms with Gasteiger partial charge < -0.3 is 10.1 Å².